The highest BCUT2D eigenvalue weighted by atomic mass is 16.5. The summed E-state index contributed by atoms with van der Waals surface area (Å²) < 4.78 is 15.1. The largest absolute Gasteiger partial charge is 0.480 e. The second-order valence-electron chi connectivity index (χ2n) is 4.45. The molecule has 0 saturated carbocycles. The second kappa shape index (κ2) is 13.7. The van der Waals surface area contributed by atoms with E-state index in [4.69, 9.17) is 25.1 Å². The molecule has 0 saturated heterocycles. The lowest BCUT2D eigenvalue weighted by Crippen LogP contribution is -2.31. The van der Waals surface area contributed by atoms with Gasteiger partial charge in [0, 0.05) is 13.7 Å². The first kappa shape index (κ1) is 19.8. The van der Waals surface area contributed by atoms with Gasteiger partial charge in [0.05, 0.1) is 26.4 Å². The molecule has 4 N–H and O–H groups in total. The molecule has 0 heterocycles. The fourth-order valence-electron chi connectivity index (χ4n) is 1.42. The third-order valence-electron chi connectivity index (χ3n) is 2.62. The number of rotatable bonds is 14. The van der Waals surface area contributed by atoms with Crippen molar-refractivity contribution in [2.45, 2.75) is 25.3 Å². The van der Waals surface area contributed by atoms with E-state index < -0.39 is 12.0 Å². The van der Waals surface area contributed by atoms with Crippen molar-refractivity contribution in [1.82, 2.24) is 5.32 Å². The molecule has 0 rings (SSSR count). The van der Waals surface area contributed by atoms with E-state index in [1.54, 1.807) is 7.11 Å². The van der Waals surface area contributed by atoms with Gasteiger partial charge in [-0.1, -0.05) is 0 Å². The molecule has 0 aromatic rings. The van der Waals surface area contributed by atoms with Crippen LogP contribution in [0.4, 0.5) is 0 Å². The molecule has 124 valence electrons. The zero-order valence-corrected chi connectivity index (χ0v) is 12.5. The number of carbonyl (C=O) groups is 2. The van der Waals surface area contributed by atoms with E-state index in [9.17, 15) is 9.59 Å². The number of hydrogen-bond acceptors (Lipinski definition) is 6. The normalized spacial score (nSPS) is 12.1. The third kappa shape index (κ3) is 13.5. The summed E-state index contributed by atoms with van der Waals surface area (Å²) in [5.74, 6) is -1.20. The Balaban J connectivity index is 3.29. The Kier molecular flexibility index (Phi) is 13.0. The number of carboxylic acids is 1. The van der Waals surface area contributed by atoms with Crippen LogP contribution in [0.1, 0.15) is 19.3 Å². The minimum atomic E-state index is -1.000. The lowest BCUT2D eigenvalue weighted by atomic mass is 10.1. The minimum absolute atomic E-state index is 0.0116. The van der Waals surface area contributed by atoms with Crippen molar-refractivity contribution in [2.75, 3.05) is 46.7 Å². The van der Waals surface area contributed by atoms with Gasteiger partial charge in [-0.2, -0.15) is 0 Å². The molecule has 1 amide bonds. The summed E-state index contributed by atoms with van der Waals surface area (Å²) in [5, 5.41) is 11.3. The van der Waals surface area contributed by atoms with Gasteiger partial charge in [-0.15, -0.1) is 0 Å². The van der Waals surface area contributed by atoms with Gasteiger partial charge in [0.2, 0.25) is 5.91 Å². The van der Waals surface area contributed by atoms with Gasteiger partial charge in [-0.3, -0.25) is 9.59 Å². The van der Waals surface area contributed by atoms with Crippen LogP contribution >= 0.6 is 0 Å². The maximum atomic E-state index is 11.4. The molecular weight excluding hydrogens is 280 g/mol. The first-order chi connectivity index (χ1) is 10.1. The number of methoxy groups -OCH3 is 1. The summed E-state index contributed by atoms with van der Waals surface area (Å²) >= 11 is 0. The SMILES string of the molecule is COCCOCCOCC(=O)NCCCC[C@H](N)C(=O)O. The highest BCUT2D eigenvalue weighted by Gasteiger charge is 2.10. The molecule has 0 bridgehead atoms. The summed E-state index contributed by atoms with van der Waals surface area (Å²) in [6.07, 6.45) is 1.75. The topological polar surface area (TPSA) is 120 Å². The second-order valence-corrected chi connectivity index (χ2v) is 4.45. The minimum Gasteiger partial charge on any atom is -0.480 e. The number of nitrogens with two attached hydrogens (primary N) is 1. The number of carboxylic acid groups (broad SMARTS) is 1. The van der Waals surface area contributed by atoms with Crippen LogP contribution in [0.15, 0.2) is 0 Å². The third-order valence-corrected chi connectivity index (χ3v) is 2.62. The molecule has 0 aliphatic carbocycles. The lowest BCUT2D eigenvalue weighted by molar-refractivity contribution is -0.138. The number of carbonyl (C=O) groups excluding carboxylic acids is 1. The molecule has 8 heteroatoms. The monoisotopic (exact) mass is 306 g/mol. The summed E-state index contributed by atoms with van der Waals surface area (Å²) in [4.78, 5) is 21.8. The Bertz CT molecular complexity index is 288. The van der Waals surface area contributed by atoms with Crippen LogP contribution in [0.2, 0.25) is 0 Å². The predicted molar refractivity (Wildman–Crippen MR) is 76.0 cm³/mol. The van der Waals surface area contributed by atoms with Crippen molar-refractivity contribution in [1.29, 1.82) is 0 Å². The summed E-state index contributed by atoms with van der Waals surface area (Å²) in [6, 6.07) is -0.831. The van der Waals surface area contributed by atoms with Crippen molar-refractivity contribution in [2.24, 2.45) is 5.73 Å². The zero-order valence-electron chi connectivity index (χ0n) is 12.5. The number of unbranched alkanes of at least 4 members (excludes halogenated alkanes) is 1. The van der Waals surface area contributed by atoms with E-state index in [0.29, 0.717) is 52.2 Å². The summed E-state index contributed by atoms with van der Waals surface area (Å²) in [7, 11) is 1.60. The van der Waals surface area contributed by atoms with Crippen LogP contribution in [0, 0.1) is 0 Å². The van der Waals surface area contributed by atoms with Crippen LogP contribution in [0.3, 0.4) is 0 Å². The molecule has 0 unspecified atom stereocenters. The van der Waals surface area contributed by atoms with Gasteiger partial charge in [-0.25, -0.2) is 0 Å². The smallest absolute Gasteiger partial charge is 0.320 e. The number of aliphatic carboxylic acids is 1. The molecule has 0 radical (unpaired) electrons. The molecule has 0 aliphatic rings. The predicted octanol–water partition coefficient (Wildman–Crippen LogP) is -0.636. The summed E-state index contributed by atoms with van der Waals surface area (Å²) in [6.45, 7) is 2.28. The first-order valence-electron chi connectivity index (χ1n) is 6.97. The Labute approximate surface area is 124 Å². The average molecular weight is 306 g/mol. The van der Waals surface area contributed by atoms with Crippen molar-refractivity contribution in [3.05, 3.63) is 0 Å². The van der Waals surface area contributed by atoms with Crippen molar-refractivity contribution >= 4 is 11.9 Å². The molecule has 0 fully saturated rings. The van der Waals surface area contributed by atoms with E-state index in [0.717, 1.165) is 0 Å². The fourth-order valence-corrected chi connectivity index (χ4v) is 1.42. The molecular formula is C13H26N2O6. The zero-order chi connectivity index (χ0) is 15.9. The van der Waals surface area contributed by atoms with Gasteiger partial charge < -0.3 is 30.4 Å². The molecule has 0 aromatic carbocycles. The van der Waals surface area contributed by atoms with E-state index >= 15 is 0 Å². The highest BCUT2D eigenvalue weighted by Crippen LogP contribution is 1.98. The Morgan fingerprint density at radius 3 is 2.48 bits per heavy atom. The van der Waals surface area contributed by atoms with Gasteiger partial charge in [-0.05, 0) is 19.3 Å². The molecule has 21 heavy (non-hydrogen) atoms. The molecule has 0 spiro atoms. The Morgan fingerprint density at radius 2 is 1.81 bits per heavy atom. The van der Waals surface area contributed by atoms with Gasteiger partial charge in [0.25, 0.3) is 0 Å². The van der Waals surface area contributed by atoms with Crippen molar-refractivity contribution in [3.63, 3.8) is 0 Å². The van der Waals surface area contributed by atoms with Crippen LogP contribution in [0.5, 0.6) is 0 Å². The number of nitrogens with one attached hydrogen (secondary N) is 1. The highest BCUT2D eigenvalue weighted by molar-refractivity contribution is 5.77. The number of hydrogen-bond donors (Lipinski definition) is 3. The fraction of sp³-hybridized carbons (Fsp3) is 0.846. The van der Waals surface area contributed by atoms with Crippen molar-refractivity contribution < 1.29 is 28.9 Å². The summed E-state index contributed by atoms with van der Waals surface area (Å²) in [5.41, 5.74) is 5.36. The van der Waals surface area contributed by atoms with Crippen LogP contribution in [-0.4, -0.2) is 69.7 Å². The van der Waals surface area contributed by atoms with E-state index in [-0.39, 0.29) is 12.5 Å². The average Bonchev–Trinajstić information content (AvgIpc) is 2.45. The Hall–Kier alpha value is -1.22. The maximum absolute atomic E-state index is 11.4. The van der Waals surface area contributed by atoms with Gasteiger partial charge in [0.15, 0.2) is 0 Å². The van der Waals surface area contributed by atoms with Crippen LogP contribution in [-0.2, 0) is 23.8 Å². The molecule has 0 aromatic heterocycles. The Morgan fingerprint density at radius 1 is 1.14 bits per heavy atom. The standard InChI is InChI=1S/C13H26N2O6/c1-19-6-7-20-8-9-21-10-12(16)15-5-3-2-4-11(14)13(17)18/h11H,2-10,14H2,1H3,(H,15,16)(H,17,18)/t11-/m0/s1. The number of ether oxygens (including phenoxy) is 3. The van der Waals surface area contributed by atoms with E-state index in [2.05, 4.69) is 5.32 Å². The molecule has 8 nitrogen and oxygen atoms in total. The lowest BCUT2D eigenvalue weighted by Gasteiger charge is -2.08. The van der Waals surface area contributed by atoms with Crippen molar-refractivity contribution in [3.8, 4) is 0 Å². The maximum Gasteiger partial charge on any atom is 0.320 e. The van der Waals surface area contributed by atoms with Crippen LogP contribution in [0.25, 0.3) is 0 Å². The molecule has 0 aliphatic heterocycles. The van der Waals surface area contributed by atoms with Crippen LogP contribution < -0.4 is 11.1 Å². The van der Waals surface area contributed by atoms with E-state index in [1.807, 2.05) is 0 Å². The van der Waals surface area contributed by atoms with Gasteiger partial charge >= 0.3 is 5.97 Å². The van der Waals surface area contributed by atoms with E-state index in [1.165, 1.54) is 0 Å². The first-order valence-corrected chi connectivity index (χ1v) is 6.97. The quantitative estimate of drug-likeness (QED) is 0.365. The molecule has 1 atom stereocenters. The number of amides is 1. The van der Waals surface area contributed by atoms with Gasteiger partial charge in [0.1, 0.15) is 12.6 Å².